The van der Waals surface area contributed by atoms with Gasteiger partial charge in [-0.3, -0.25) is 0 Å². The van der Waals surface area contributed by atoms with Gasteiger partial charge in [0.05, 0.1) is 5.56 Å². The van der Waals surface area contributed by atoms with Crippen molar-refractivity contribution < 1.29 is 14.3 Å². The zero-order valence-corrected chi connectivity index (χ0v) is 9.77. The molecule has 0 saturated heterocycles. The van der Waals surface area contributed by atoms with E-state index >= 15 is 0 Å². The van der Waals surface area contributed by atoms with E-state index in [-0.39, 0.29) is 11.4 Å². The van der Waals surface area contributed by atoms with E-state index in [1.54, 1.807) is 30.3 Å². The highest BCUT2D eigenvalue weighted by molar-refractivity contribution is 5.89. The van der Waals surface area contributed by atoms with Gasteiger partial charge < -0.3 is 10.4 Å². The van der Waals surface area contributed by atoms with Crippen LogP contribution in [0.1, 0.15) is 15.9 Å². The second-order valence-corrected chi connectivity index (χ2v) is 3.97. The minimum absolute atomic E-state index is 0.213. The zero-order chi connectivity index (χ0) is 13.1. The zero-order valence-electron chi connectivity index (χ0n) is 9.77. The van der Waals surface area contributed by atoms with E-state index in [2.05, 4.69) is 5.32 Å². The van der Waals surface area contributed by atoms with Crippen LogP contribution in [-0.2, 0) is 0 Å². The van der Waals surface area contributed by atoms with Gasteiger partial charge in [0, 0.05) is 11.4 Å². The number of rotatable bonds is 3. The number of aromatic carboxylic acids is 1. The Hall–Kier alpha value is -2.36. The average molecular weight is 245 g/mol. The number of carboxylic acid groups (broad SMARTS) is 1. The first-order chi connectivity index (χ1) is 8.56. The van der Waals surface area contributed by atoms with Crippen LogP contribution >= 0.6 is 0 Å². The number of aryl methyl sites for hydroxylation is 1. The van der Waals surface area contributed by atoms with Crippen LogP contribution < -0.4 is 5.32 Å². The standard InChI is InChI=1S/C14H12FNO2/c1-9-2-3-10(14(17)18)8-13(9)16-12-6-4-11(15)5-7-12/h2-8,16H,1H3,(H,17,18). The number of benzene rings is 2. The van der Waals surface area contributed by atoms with Crippen molar-refractivity contribution in [1.82, 2.24) is 0 Å². The summed E-state index contributed by atoms with van der Waals surface area (Å²) in [6.07, 6.45) is 0. The van der Waals surface area contributed by atoms with Crippen molar-refractivity contribution in [2.75, 3.05) is 5.32 Å². The van der Waals surface area contributed by atoms with Gasteiger partial charge in [-0.15, -0.1) is 0 Å². The van der Waals surface area contributed by atoms with Crippen LogP contribution in [0.5, 0.6) is 0 Å². The van der Waals surface area contributed by atoms with Gasteiger partial charge in [-0.2, -0.15) is 0 Å². The lowest BCUT2D eigenvalue weighted by atomic mass is 10.1. The molecule has 0 atom stereocenters. The minimum Gasteiger partial charge on any atom is -0.478 e. The van der Waals surface area contributed by atoms with E-state index in [1.165, 1.54) is 12.1 Å². The van der Waals surface area contributed by atoms with E-state index in [0.717, 1.165) is 5.56 Å². The summed E-state index contributed by atoms with van der Waals surface area (Å²) in [5.74, 6) is -1.28. The van der Waals surface area contributed by atoms with Crippen molar-refractivity contribution in [3.8, 4) is 0 Å². The van der Waals surface area contributed by atoms with E-state index < -0.39 is 5.97 Å². The summed E-state index contributed by atoms with van der Waals surface area (Å²) in [6.45, 7) is 1.87. The molecule has 0 saturated carbocycles. The third-order valence-electron chi connectivity index (χ3n) is 2.61. The highest BCUT2D eigenvalue weighted by Crippen LogP contribution is 2.22. The molecule has 3 nitrogen and oxygen atoms in total. The minimum atomic E-state index is -0.975. The highest BCUT2D eigenvalue weighted by atomic mass is 19.1. The molecule has 0 spiro atoms. The molecule has 0 unspecified atom stereocenters. The summed E-state index contributed by atoms with van der Waals surface area (Å²) in [4.78, 5) is 10.9. The van der Waals surface area contributed by atoms with Crippen LogP contribution in [0, 0.1) is 12.7 Å². The Morgan fingerprint density at radius 2 is 1.83 bits per heavy atom. The van der Waals surface area contributed by atoms with Gasteiger partial charge in [0.25, 0.3) is 0 Å². The van der Waals surface area contributed by atoms with Crippen LogP contribution in [0.15, 0.2) is 42.5 Å². The highest BCUT2D eigenvalue weighted by Gasteiger charge is 2.06. The molecule has 0 aliphatic carbocycles. The Balaban J connectivity index is 2.30. The number of hydrogen-bond acceptors (Lipinski definition) is 2. The average Bonchev–Trinajstić information content (AvgIpc) is 2.34. The molecule has 0 amide bonds. The number of anilines is 2. The Kier molecular flexibility index (Phi) is 3.28. The monoisotopic (exact) mass is 245 g/mol. The second-order valence-electron chi connectivity index (χ2n) is 3.97. The van der Waals surface area contributed by atoms with Crippen LogP contribution in [-0.4, -0.2) is 11.1 Å². The molecular weight excluding hydrogens is 233 g/mol. The third kappa shape index (κ3) is 2.66. The quantitative estimate of drug-likeness (QED) is 0.869. The molecular formula is C14H12FNO2. The van der Waals surface area contributed by atoms with Crippen molar-refractivity contribution in [1.29, 1.82) is 0 Å². The Labute approximate surface area is 104 Å². The molecule has 2 aromatic rings. The lowest BCUT2D eigenvalue weighted by Gasteiger charge is -2.10. The fourth-order valence-corrected chi connectivity index (χ4v) is 1.58. The van der Waals surface area contributed by atoms with Gasteiger partial charge >= 0.3 is 5.97 Å². The normalized spacial score (nSPS) is 10.1. The fraction of sp³-hybridized carbons (Fsp3) is 0.0714. The van der Waals surface area contributed by atoms with Gasteiger partial charge in [-0.25, -0.2) is 9.18 Å². The van der Waals surface area contributed by atoms with Gasteiger partial charge in [0.2, 0.25) is 0 Å². The Bertz CT molecular complexity index is 579. The lowest BCUT2D eigenvalue weighted by molar-refractivity contribution is 0.0697. The Morgan fingerprint density at radius 1 is 1.17 bits per heavy atom. The summed E-state index contributed by atoms with van der Waals surface area (Å²) in [6, 6.07) is 10.7. The first-order valence-corrected chi connectivity index (χ1v) is 5.43. The third-order valence-corrected chi connectivity index (χ3v) is 2.61. The lowest BCUT2D eigenvalue weighted by Crippen LogP contribution is -1.99. The molecule has 0 aromatic heterocycles. The number of nitrogens with one attached hydrogen (secondary N) is 1. The van der Waals surface area contributed by atoms with Crippen LogP contribution in [0.3, 0.4) is 0 Å². The summed E-state index contributed by atoms with van der Waals surface area (Å²) in [5.41, 5.74) is 2.54. The van der Waals surface area contributed by atoms with Gasteiger partial charge in [0.15, 0.2) is 0 Å². The molecule has 4 heteroatoms. The van der Waals surface area contributed by atoms with Crippen molar-refractivity contribution in [3.05, 3.63) is 59.4 Å². The molecule has 0 heterocycles. The first kappa shape index (κ1) is 12.1. The summed E-state index contributed by atoms with van der Waals surface area (Å²) < 4.78 is 12.8. The molecule has 2 aromatic carbocycles. The summed E-state index contributed by atoms with van der Waals surface area (Å²) >= 11 is 0. The van der Waals surface area contributed by atoms with E-state index in [1.807, 2.05) is 6.92 Å². The molecule has 2 N–H and O–H groups in total. The second kappa shape index (κ2) is 4.87. The van der Waals surface area contributed by atoms with Gasteiger partial charge in [-0.1, -0.05) is 6.07 Å². The van der Waals surface area contributed by atoms with Gasteiger partial charge in [0.1, 0.15) is 5.82 Å². The van der Waals surface area contributed by atoms with Crippen LogP contribution in [0.4, 0.5) is 15.8 Å². The largest absolute Gasteiger partial charge is 0.478 e. The molecule has 2 rings (SSSR count). The number of halogens is 1. The maximum atomic E-state index is 12.8. The van der Waals surface area contributed by atoms with Crippen LogP contribution in [0.2, 0.25) is 0 Å². The predicted octanol–water partition coefficient (Wildman–Crippen LogP) is 3.58. The predicted molar refractivity (Wildman–Crippen MR) is 67.8 cm³/mol. The first-order valence-electron chi connectivity index (χ1n) is 5.43. The maximum absolute atomic E-state index is 12.8. The maximum Gasteiger partial charge on any atom is 0.335 e. The molecule has 0 radical (unpaired) electrons. The molecule has 18 heavy (non-hydrogen) atoms. The van der Waals surface area contributed by atoms with E-state index in [0.29, 0.717) is 11.4 Å². The smallest absolute Gasteiger partial charge is 0.335 e. The molecule has 0 aliphatic rings. The van der Waals surface area contributed by atoms with Crippen molar-refractivity contribution >= 4 is 17.3 Å². The van der Waals surface area contributed by atoms with E-state index in [4.69, 9.17) is 5.11 Å². The number of hydrogen-bond donors (Lipinski definition) is 2. The van der Waals surface area contributed by atoms with Gasteiger partial charge in [-0.05, 0) is 48.9 Å². The summed E-state index contributed by atoms with van der Waals surface area (Å²) in [5, 5.41) is 12.0. The molecule has 0 fully saturated rings. The van der Waals surface area contributed by atoms with Crippen LogP contribution in [0.25, 0.3) is 0 Å². The van der Waals surface area contributed by atoms with Crippen molar-refractivity contribution in [2.24, 2.45) is 0 Å². The molecule has 92 valence electrons. The molecule has 0 bridgehead atoms. The van der Waals surface area contributed by atoms with Crippen molar-refractivity contribution in [2.45, 2.75) is 6.92 Å². The molecule has 0 aliphatic heterocycles. The summed E-state index contributed by atoms with van der Waals surface area (Å²) in [7, 11) is 0. The number of carboxylic acids is 1. The van der Waals surface area contributed by atoms with Crippen molar-refractivity contribution in [3.63, 3.8) is 0 Å². The Morgan fingerprint density at radius 3 is 2.44 bits per heavy atom. The van der Waals surface area contributed by atoms with E-state index in [9.17, 15) is 9.18 Å². The fourth-order valence-electron chi connectivity index (χ4n) is 1.58. The SMILES string of the molecule is Cc1ccc(C(=O)O)cc1Nc1ccc(F)cc1. The number of carbonyl (C=O) groups is 1. The topological polar surface area (TPSA) is 49.3 Å².